The molecule has 1 aliphatic heterocycles. The zero-order valence-electron chi connectivity index (χ0n) is 9.69. The second-order valence-electron chi connectivity index (χ2n) is 4.83. The monoisotopic (exact) mass is 227 g/mol. The summed E-state index contributed by atoms with van der Waals surface area (Å²) in [5.41, 5.74) is 6.02. The Balaban J connectivity index is 1.85. The minimum absolute atomic E-state index is 0.0164. The molecule has 1 aliphatic carbocycles. The molecular weight excluding hydrogens is 206 g/mol. The van der Waals surface area contributed by atoms with Crippen molar-refractivity contribution in [3.63, 3.8) is 0 Å². The summed E-state index contributed by atoms with van der Waals surface area (Å²) in [5.74, 6) is -0.201. The van der Waals surface area contributed by atoms with Gasteiger partial charge in [-0.25, -0.2) is 0 Å². The highest BCUT2D eigenvalue weighted by atomic mass is 16.6. The van der Waals surface area contributed by atoms with Crippen molar-refractivity contribution in [2.75, 3.05) is 13.2 Å². The molecule has 0 spiro atoms. The van der Waals surface area contributed by atoms with Crippen LogP contribution >= 0.6 is 0 Å². The van der Waals surface area contributed by atoms with Gasteiger partial charge in [-0.05, 0) is 12.8 Å². The molecule has 0 aromatic heterocycles. The van der Waals surface area contributed by atoms with E-state index in [0.29, 0.717) is 13.2 Å². The Morgan fingerprint density at radius 3 is 2.75 bits per heavy atom. The normalized spacial score (nSPS) is 35.7. The smallest absolute Gasteiger partial charge is 0.310 e. The fourth-order valence-electron chi connectivity index (χ4n) is 2.49. The summed E-state index contributed by atoms with van der Waals surface area (Å²) in [4.78, 5) is 12.0. The highest BCUT2D eigenvalue weighted by Crippen LogP contribution is 2.24. The zero-order valence-corrected chi connectivity index (χ0v) is 9.69. The fraction of sp³-hybridized carbons (Fsp3) is 0.917. The third-order valence-electron chi connectivity index (χ3n) is 3.54. The van der Waals surface area contributed by atoms with Crippen molar-refractivity contribution in [1.29, 1.82) is 0 Å². The van der Waals surface area contributed by atoms with Gasteiger partial charge >= 0.3 is 5.97 Å². The molecule has 92 valence electrons. The lowest BCUT2D eigenvalue weighted by molar-refractivity contribution is -0.155. The maximum Gasteiger partial charge on any atom is 0.310 e. The molecule has 2 N–H and O–H groups in total. The summed E-state index contributed by atoms with van der Waals surface area (Å²) in [6.45, 7) is 1.25. The lowest BCUT2D eigenvalue weighted by Crippen LogP contribution is -2.37. The number of esters is 1. The Hall–Kier alpha value is -0.610. The van der Waals surface area contributed by atoms with E-state index >= 15 is 0 Å². The summed E-state index contributed by atoms with van der Waals surface area (Å²) in [6.07, 6.45) is 6.03. The molecule has 4 nitrogen and oxygen atoms in total. The van der Waals surface area contributed by atoms with Crippen LogP contribution in [0.25, 0.3) is 0 Å². The van der Waals surface area contributed by atoms with Crippen LogP contribution < -0.4 is 5.73 Å². The molecule has 3 unspecified atom stereocenters. The molecule has 2 rings (SSSR count). The molecule has 4 heteroatoms. The number of hydrogen-bond acceptors (Lipinski definition) is 4. The van der Waals surface area contributed by atoms with Crippen molar-refractivity contribution in [3.05, 3.63) is 0 Å². The van der Waals surface area contributed by atoms with Crippen molar-refractivity contribution in [1.82, 2.24) is 0 Å². The Morgan fingerprint density at radius 1 is 1.19 bits per heavy atom. The largest absolute Gasteiger partial charge is 0.460 e. The van der Waals surface area contributed by atoms with Gasteiger partial charge in [0.25, 0.3) is 0 Å². The van der Waals surface area contributed by atoms with Crippen LogP contribution in [0.5, 0.6) is 0 Å². The molecule has 0 bridgehead atoms. The number of nitrogens with two attached hydrogens (primary N) is 1. The van der Waals surface area contributed by atoms with Crippen LogP contribution in [0, 0.1) is 5.92 Å². The molecule has 0 aromatic rings. The van der Waals surface area contributed by atoms with E-state index in [4.69, 9.17) is 15.2 Å². The first-order valence-electron chi connectivity index (χ1n) is 6.31. The van der Waals surface area contributed by atoms with E-state index in [9.17, 15) is 4.79 Å². The minimum atomic E-state index is -0.107. The first kappa shape index (κ1) is 11.9. The lowest BCUT2D eigenvalue weighted by atomic mass is 9.96. The number of ether oxygens (including phenoxy) is 2. The van der Waals surface area contributed by atoms with Crippen molar-refractivity contribution in [2.45, 2.75) is 50.7 Å². The van der Waals surface area contributed by atoms with E-state index in [-0.39, 0.29) is 24.0 Å². The van der Waals surface area contributed by atoms with Gasteiger partial charge in [0.1, 0.15) is 6.10 Å². The predicted molar refractivity (Wildman–Crippen MR) is 59.9 cm³/mol. The molecule has 3 atom stereocenters. The first-order valence-corrected chi connectivity index (χ1v) is 6.31. The second kappa shape index (κ2) is 5.64. The number of rotatable bonds is 2. The van der Waals surface area contributed by atoms with Gasteiger partial charge in [0.15, 0.2) is 0 Å². The Kier molecular flexibility index (Phi) is 4.18. The third-order valence-corrected chi connectivity index (χ3v) is 3.54. The van der Waals surface area contributed by atoms with Crippen molar-refractivity contribution in [2.24, 2.45) is 11.7 Å². The molecule has 0 amide bonds. The summed E-state index contributed by atoms with van der Waals surface area (Å²) in [7, 11) is 0. The molecule has 0 radical (unpaired) electrons. The number of carbonyl (C=O) groups is 1. The molecule has 2 fully saturated rings. The summed E-state index contributed by atoms with van der Waals surface area (Å²) >= 11 is 0. The van der Waals surface area contributed by atoms with Gasteiger partial charge in [-0.15, -0.1) is 0 Å². The molecule has 2 aliphatic rings. The van der Waals surface area contributed by atoms with E-state index in [1.165, 1.54) is 6.42 Å². The first-order chi connectivity index (χ1) is 7.77. The minimum Gasteiger partial charge on any atom is -0.460 e. The van der Waals surface area contributed by atoms with Crippen LogP contribution in [0.3, 0.4) is 0 Å². The van der Waals surface area contributed by atoms with E-state index in [2.05, 4.69) is 0 Å². The average molecular weight is 227 g/mol. The van der Waals surface area contributed by atoms with E-state index in [1.54, 1.807) is 0 Å². The predicted octanol–water partition coefficient (Wildman–Crippen LogP) is 1.23. The molecule has 1 heterocycles. The van der Waals surface area contributed by atoms with Gasteiger partial charge in [-0.1, -0.05) is 19.3 Å². The lowest BCUT2D eigenvalue weighted by Gasteiger charge is -2.21. The maximum absolute atomic E-state index is 12.0. The van der Waals surface area contributed by atoms with Gasteiger partial charge < -0.3 is 15.2 Å². The molecule has 0 aromatic carbocycles. The van der Waals surface area contributed by atoms with Gasteiger partial charge in [-0.2, -0.15) is 0 Å². The fourth-order valence-corrected chi connectivity index (χ4v) is 2.49. The van der Waals surface area contributed by atoms with Crippen LogP contribution in [-0.2, 0) is 14.3 Å². The Bertz CT molecular complexity index is 238. The van der Waals surface area contributed by atoms with Crippen LogP contribution in [0.2, 0.25) is 0 Å². The topological polar surface area (TPSA) is 61.6 Å². The SMILES string of the molecule is NC1CCCCCC1C(=O)OC1CCOC1. The Morgan fingerprint density at radius 2 is 2.00 bits per heavy atom. The van der Waals surface area contributed by atoms with Crippen LogP contribution in [-0.4, -0.2) is 31.3 Å². The number of hydrogen-bond donors (Lipinski definition) is 1. The standard InChI is InChI=1S/C12H21NO3/c13-11-5-3-1-2-4-10(11)12(14)16-9-6-7-15-8-9/h9-11H,1-8,13H2. The summed E-state index contributed by atoms with van der Waals surface area (Å²) in [5, 5.41) is 0. The van der Waals surface area contributed by atoms with E-state index in [0.717, 1.165) is 32.1 Å². The molecule has 1 saturated carbocycles. The van der Waals surface area contributed by atoms with Gasteiger partial charge in [0, 0.05) is 12.5 Å². The van der Waals surface area contributed by atoms with E-state index < -0.39 is 0 Å². The quantitative estimate of drug-likeness (QED) is 0.569. The molecule has 16 heavy (non-hydrogen) atoms. The van der Waals surface area contributed by atoms with Gasteiger partial charge in [0.05, 0.1) is 19.1 Å². The average Bonchev–Trinajstić information content (AvgIpc) is 2.66. The molecule has 1 saturated heterocycles. The summed E-state index contributed by atoms with van der Waals surface area (Å²) < 4.78 is 10.6. The zero-order chi connectivity index (χ0) is 11.4. The number of carbonyl (C=O) groups excluding carboxylic acids is 1. The second-order valence-corrected chi connectivity index (χ2v) is 4.83. The van der Waals surface area contributed by atoms with Crippen LogP contribution in [0.1, 0.15) is 38.5 Å². The van der Waals surface area contributed by atoms with Crippen molar-refractivity contribution < 1.29 is 14.3 Å². The van der Waals surface area contributed by atoms with Crippen LogP contribution in [0.15, 0.2) is 0 Å². The summed E-state index contributed by atoms with van der Waals surface area (Å²) in [6, 6.07) is -0.0164. The van der Waals surface area contributed by atoms with Crippen molar-refractivity contribution in [3.8, 4) is 0 Å². The van der Waals surface area contributed by atoms with E-state index in [1.807, 2.05) is 0 Å². The third kappa shape index (κ3) is 2.95. The highest BCUT2D eigenvalue weighted by molar-refractivity contribution is 5.73. The van der Waals surface area contributed by atoms with Crippen molar-refractivity contribution >= 4 is 5.97 Å². The van der Waals surface area contributed by atoms with Crippen LogP contribution in [0.4, 0.5) is 0 Å². The molecular formula is C12H21NO3. The van der Waals surface area contributed by atoms with Gasteiger partial charge in [-0.3, -0.25) is 4.79 Å². The van der Waals surface area contributed by atoms with Gasteiger partial charge in [0.2, 0.25) is 0 Å². The Labute approximate surface area is 96.5 Å². The highest BCUT2D eigenvalue weighted by Gasteiger charge is 2.31. The maximum atomic E-state index is 12.0.